The molecule has 0 aromatic carbocycles. The fraction of sp³-hybridized carbons (Fsp3) is 0.778. The molecule has 3 atom stereocenters. The second-order valence-electron chi connectivity index (χ2n) is 7.30. The first-order valence-electron chi connectivity index (χ1n) is 8.42. The lowest BCUT2D eigenvalue weighted by Crippen LogP contribution is -2.34. The van der Waals surface area contributed by atoms with E-state index in [2.05, 4.69) is 37.5 Å². The molecular weight excluding hydrogens is 262 g/mol. The molecule has 2 aliphatic rings. The van der Waals surface area contributed by atoms with Gasteiger partial charge in [-0.1, -0.05) is 13.8 Å². The van der Waals surface area contributed by atoms with Crippen LogP contribution in [0, 0.1) is 24.7 Å². The zero-order valence-corrected chi connectivity index (χ0v) is 14.0. The zero-order valence-electron chi connectivity index (χ0n) is 13.2. The molecule has 2 fully saturated rings. The van der Waals surface area contributed by atoms with E-state index in [9.17, 15) is 0 Å². The Hall–Kier alpha value is -0.340. The monoisotopic (exact) mass is 291 g/mol. The summed E-state index contributed by atoms with van der Waals surface area (Å²) in [4.78, 5) is 1.55. The highest BCUT2D eigenvalue weighted by Gasteiger charge is 2.34. The van der Waals surface area contributed by atoms with Crippen molar-refractivity contribution in [3.63, 3.8) is 0 Å². The van der Waals surface area contributed by atoms with E-state index in [1.165, 1.54) is 38.6 Å². The molecule has 1 N–H and O–H groups in total. The van der Waals surface area contributed by atoms with Crippen LogP contribution >= 0.6 is 11.3 Å². The van der Waals surface area contributed by atoms with Crippen LogP contribution in [0.2, 0.25) is 0 Å². The quantitative estimate of drug-likeness (QED) is 0.808. The minimum atomic E-state index is 0.800. The summed E-state index contributed by atoms with van der Waals surface area (Å²) in [7, 11) is 0. The van der Waals surface area contributed by atoms with Crippen molar-refractivity contribution >= 4 is 11.3 Å². The van der Waals surface area contributed by atoms with Crippen LogP contribution in [0.3, 0.4) is 0 Å². The SMILES string of the molecule is Cc1sccc1C1CC(C(C)C)CCC1CNC1CC1. The van der Waals surface area contributed by atoms with Crippen molar-refractivity contribution in [2.45, 2.75) is 64.8 Å². The van der Waals surface area contributed by atoms with Crippen LogP contribution in [0.5, 0.6) is 0 Å². The summed E-state index contributed by atoms with van der Waals surface area (Å²) in [6, 6.07) is 3.25. The number of aryl methyl sites for hydroxylation is 1. The minimum Gasteiger partial charge on any atom is -0.314 e. The molecule has 1 aromatic heterocycles. The van der Waals surface area contributed by atoms with E-state index < -0.39 is 0 Å². The third-order valence-electron chi connectivity index (χ3n) is 5.52. The number of nitrogens with one attached hydrogen (secondary N) is 1. The average Bonchev–Trinajstić information content (AvgIpc) is 3.17. The van der Waals surface area contributed by atoms with E-state index in [-0.39, 0.29) is 0 Å². The van der Waals surface area contributed by atoms with Gasteiger partial charge < -0.3 is 5.32 Å². The van der Waals surface area contributed by atoms with Crippen molar-refractivity contribution in [3.05, 3.63) is 21.9 Å². The van der Waals surface area contributed by atoms with Crippen LogP contribution in [0.15, 0.2) is 11.4 Å². The predicted molar refractivity (Wildman–Crippen MR) is 88.5 cm³/mol. The number of hydrogen-bond donors (Lipinski definition) is 1. The fourth-order valence-corrected chi connectivity index (χ4v) is 4.66. The number of rotatable bonds is 5. The lowest BCUT2D eigenvalue weighted by atomic mass is 9.68. The Morgan fingerprint density at radius 1 is 1.25 bits per heavy atom. The first kappa shape index (κ1) is 14.6. The topological polar surface area (TPSA) is 12.0 Å². The number of thiophene rings is 1. The van der Waals surface area contributed by atoms with Crippen molar-refractivity contribution in [2.24, 2.45) is 17.8 Å². The first-order chi connectivity index (χ1) is 9.65. The maximum absolute atomic E-state index is 3.79. The van der Waals surface area contributed by atoms with Crippen LogP contribution in [-0.4, -0.2) is 12.6 Å². The molecular formula is C18H29NS. The van der Waals surface area contributed by atoms with E-state index in [0.29, 0.717) is 0 Å². The second-order valence-corrected chi connectivity index (χ2v) is 8.42. The van der Waals surface area contributed by atoms with Crippen molar-refractivity contribution < 1.29 is 0 Å². The standard InChI is InChI=1S/C18H29NS/c1-12(2)14-4-5-15(11-19-16-6-7-16)18(10-14)17-8-9-20-13(17)3/h8-9,12,14-16,18-19H,4-7,10-11H2,1-3H3. The molecule has 0 radical (unpaired) electrons. The first-order valence-corrected chi connectivity index (χ1v) is 9.30. The Morgan fingerprint density at radius 2 is 2.05 bits per heavy atom. The highest BCUT2D eigenvalue weighted by atomic mass is 32.1. The van der Waals surface area contributed by atoms with Gasteiger partial charge in [0, 0.05) is 10.9 Å². The largest absolute Gasteiger partial charge is 0.314 e. The molecule has 0 aliphatic heterocycles. The molecule has 0 saturated heterocycles. The lowest BCUT2D eigenvalue weighted by molar-refractivity contribution is 0.190. The summed E-state index contributed by atoms with van der Waals surface area (Å²) >= 11 is 1.93. The molecule has 2 heteroatoms. The maximum atomic E-state index is 3.79. The molecule has 1 nitrogen and oxygen atoms in total. The van der Waals surface area contributed by atoms with E-state index in [0.717, 1.165) is 29.7 Å². The summed E-state index contributed by atoms with van der Waals surface area (Å²) in [6.45, 7) is 8.37. The van der Waals surface area contributed by atoms with E-state index in [4.69, 9.17) is 0 Å². The molecule has 3 rings (SSSR count). The third kappa shape index (κ3) is 3.28. The molecule has 2 saturated carbocycles. The minimum absolute atomic E-state index is 0.800. The highest BCUT2D eigenvalue weighted by Crippen LogP contribution is 2.44. The van der Waals surface area contributed by atoms with Crippen LogP contribution in [0.1, 0.15) is 62.3 Å². The van der Waals surface area contributed by atoms with Gasteiger partial charge in [-0.15, -0.1) is 11.3 Å². The van der Waals surface area contributed by atoms with Gasteiger partial charge in [0.05, 0.1) is 0 Å². The van der Waals surface area contributed by atoms with Crippen LogP contribution in [0.4, 0.5) is 0 Å². The second kappa shape index (κ2) is 6.19. The molecule has 112 valence electrons. The third-order valence-corrected chi connectivity index (χ3v) is 6.38. The Morgan fingerprint density at radius 3 is 2.65 bits per heavy atom. The molecule has 3 unspecified atom stereocenters. The van der Waals surface area contributed by atoms with Crippen LogP contribution in [-0.2, 0) is 0 Å². The summed E-state index contributed by atoms with van der Waals surface area (Å²) in [6.07, 6.45) is 7.08. The van der Waals surface area contributed by atoms with Crippen molar-refractivity contribution in [1.29, 1.82) is 0 Å². The summed E-state index contributed by atoms with van der Waals surface area (Å²) in [5, 5.41) is 6.07. The summed E-state index contributed by atoms with van der Waals surface area (Å²) in [5.74, 6) is 3.43. The Kier molecular flexibility index (Phi) is 4.52. The molecule has 2 aliphatic carbocycles. The average molecular weight is 292 g/mol. The van der Waals surface area contributed by atoms with Gasteiger partial charge >= 0.3 is 0 Å². The summed E-state index contributed by atoms with van der Waals surface area (Å²) in [5.41, 5.74) is 1.66. The Labute approximate surface area is 128 Å². The van der Waals surface area contributed by atoms with E-state index >= 15 is 0 Å². The zero-order chi connectivity index (χ0) is 14.1. The van der Waals surface area contributed by atoms with Crippen LogP contribution < -0.4 is 5.32 Å². The van der Waals surface area contributed by atoms with Gasteiger partial charge in [-0.25, -0.2) is 0 Å². The van der Waals surface area contributed by atoms with Gasteiger partial charge in [0.25, 0.3) is 0 Å². The van der Waals surface area contributed by atoms with Crippen molar-refractivity contribution in [2.75, 3.05) is 6.54 Å². The van der Waals surface area contributed by atoms with E-state index in [1.54, 1.807) is 10.4 Å². The maximum Gasteiger partial charge on any atom is 0.00683 e. The Balaban J connectivity index is 1.72. The highest BCUT2D eigenvalue weighted by molar-refractivity contribution is 7.10. The van der Waals surface area contributed by atoms with Crippen molar-refractivity contribution in [1.82, 2.24) is 5.32 Å². The molecule has 20 heavy (non-hydrogen) atoms. The van der Waals surface area contributed by atoms with Gasteiger partial charge in [0.15, 0.2) is 0 Å². The molecule has 0 bridgehead atoms. The molecule has 0 amide bonds. The van der Waals surface area contributed by atoms with Gasteiger partial charge in [-0.05, 0) is 86.3 Å². The fourth-order valence-electron chi connectivity index (χ4n) is 3.88. The number of hydrogen-bond acceptors (Lipinski definition) is 2. The smallest absolute Gasteiger partial charge is 0.00683 e. The van der Waals surface area contributed by atoms with Crippen molar-refractivity contribution in [3.8, 4) is 0 Å². The van der Waals surface area contributed by atoms with Crippen LogP contribution in [0.25, 0.3) is 0 Å². The molecule has 1 aromatic rings. The van der Waals surface area contributed by atoms with Gasteiger partial charge in [0.1, 0.15) is 0 Å². The Bertz CT molecular complexity index is 432. The lowest BCUT2D eigenvalue weighted by Gasteiger charge is -2.38. The molecule has 1 heterocycles. The van der Waals surface area contributed by atoms with E-state index in [1.807, 2.05) is 11.3 Å². The predicted octanol–water partition coefficient (Wildman–Crippen LogP) is 4.96. The van der Waals surface area contributed by atoms with Gasteiger partial charge in [0.2, 0.25) is 0 Å². The summed E-state index contributed by atoms with van der Waals surface area (Å²) < 4.78 is 0. The van der Waals surface area contributed by atoms with Gasteiger partial charge in [-0.2, -0.15) is 0 Å². The molecule has 0 spiro atoms. The van der Waals surface area contributed by atoms with Gasteiger partial charge in [-0.3, -0.25) is 0 Å². The normalized spacial score (nSPS) is 30.9.